The van der Waals surface area contributed by atoms with Crippen molar-refractivity contribution >= 4 is 16.7 Å². The highest BCUT2D eigenvalue weighted by Gasteiger charge is 2.46. The van der Waals surface area contributed by atoms with Crippen molar-refractivity contribution in [1.82, 2.24) is 9.97 Å². The lowest BCUT2D eigenvalue weighted by Crippen LogP contribution is -2.05. The van der Waals surface area contributed by atoms with Crippen LogP contribution in [-0.2, 0) is 6.54 Å². The zero-order valence-electron chi connectivity index (χ0n) is 17.2. The van der Waals surface area contributed by atoms with Crippen LogP contribution in [0.5, 0.6) is 11.5 Å². The minimum atomic E-state index is 0.432. The number of aromatic nitrogens is 2. The Morgan fingerprint density at radius 2 is 1.79 bits per heavy atom. The summed E-state index contributed by atoms with van der Waals surface area (Å²) in [6, 6.07) is 12.7. The summed E-state index contributed by atoms with van der Waals surface area (Å²) in [5, 5.41) is 4.41. The summed E-state index contributed by atoms with van der Waals surface area (Å²) in [5.41, 5.74) is 3.95. The summed E-state index contributed by atoms with van der Waals surface area (Å²) in [6.07, 6.45) is 1.27. The normalized spacial score (nSPS) is 17.4. The number of nitrogens with one attached hydrogen (secondary N) is 1. The van der Waals surface area contributed by atoms with E-state index in [2.05, 4.69) is 53.4 Å². The fourth-order valence-electron chi connectivity index (χ4n) is 3.85. The number of aryl methyl sites for hydroxylation is 1. The molecule has 146 valence electrons. The second kappa shape index (κ2) is 6.97. The number of hydrogen-bond donors (Lipinski definition) is 1. The molecule has 1 aliphatic rings. The van der Waals surface area contributed by atoms with Gasteiger partial charge in [-0.1, -0.05) is 38.1 Å². The van der Waals surface area contributed by atoms with E-state index in [1.54, 1.807) is 14.2 Å². The highest BCUT2D eigenvalue weighted by molar-refractivity contribution is 5.91. The van der Waals surface area contributed by atoms with Crippen molar-refractivity contribution in [2.45, 2.75) is 39.7 Å². The molecule has 1 fully saturated rings. The first-order valence-corrected chi connectivity index (χ1v) is 9.64. The minimum absolute atomic E-state index is 0.432. The maximum absolute atomic E-state index is 5.45. The summed E-state index contributed by atoms with van der Waals surface area (Å²) in [4.78, 5) is 9.17. The summed E-state index contributed by atoms with van der Waals surface area (Å²) in [7, 11) is 3.27. The number of rotatable bonds is 6. The highest BCUT2D eigenvalue weighted by atomic mass is 16.5. The van der Waals surface area contributed by atoms with Crippen molar-refractivity contribution in [3.63, 3.8) is 0 Å². The lowest BCUT2D eigenvalue weighted by Gasteiger charge is -2.13. The molecule has 0 bridgehead atoms. The fourth-order valence-corrected chi connectivity index (χ4v) is 3.85. The van der Waals surface area contributed by atoms with Gasteiger partial charge in [0.05, 0.1) is 19.7 Å². The Hall–Kier alpha value is -2.82. The zero-order chi connectivity index (χ0) is 19.9. The number of anilines is 1. The number of methoxy groups -OCH3 is 2. The predicted octanol–water partition coefficient (Wildman–Crippen LogP) is 5.08. The molecule has 0 radical (unpaired) electrons. The molecule has 0 spiro atoms. The van der Waals surface area contributed by atoms with Crippen molar-refractivity contribution in [1.29, 1.82) is 0 Å². The fraction of sp³-hybridized carbons (Fsp3) is 0.391. The first-order valence-electron chi connectivity index (χ1n) is 9.64. The van der Waals surface area contributed by atoms with E-state index in [0.717, 1.165) is 22.5 Å². The molecule has 2 aromatic carbocycles. The Morgan fingerprint density at radius 1 is 1.07 bits per heavy atom. The molecule has 1 aromatic heterocycles. The van der Waals surface area contributed by atoms with Gasteiger partial charge >= 0.3 is 0 Å². The van der Waals surface area contributed by atoms with Crippen LogP contribution in [0.4, 0.5) is 5.82 Å². The van der Waals surface area contributed by atoms with Crippen LogP contribution in [0.1, 0.15) is 43.1 Å². The largest absolute Gasteiger partial charge is 0.493 e. The van der Waals surface area contributed by atoms with Gasteiger partial charge in [0.25, 0.3) is 0 Å². The van der Waals surface area contributed by atoms with Gasteiger partial charge in [0, 0.05) is 18.0 Å². The molecule has 1 unspecified atom stereocenters. The van der Waals surface area contributed by atoms with Crippen LogP contribution in [0, 0.1) is 12.3 Å². The number of fused-ring (bicyclic) bond motifs is 1. The van der Waals surface area contributed by atoms with Crippen LogP contribution in [0.2, 0.25) is 0 Å². The van der Waals surface area contributed by atoms with Crippen LogP contribution >= 0.6 is 0 Å². The molecule has 1 aliphatic carbocycles. The van der Waals surface area contributed by atoms with Crippen LogP contribution in [-0.4, -0.2) is 24.2 Å². The van der Waals surface area contributed by atoms with Crippen molar-refractivity contribution < 1.29 is 9.47 Å². The summed E-state index contributed by atoms with van der Waals surface area (Å²) in [5.74, 6) is 3.53. The number of benzene rings is 2. The van der Waals surface area contributed by atoms with Gasteiger partial charge in [0.1, 0.15) is 11.6 Å². The van der Waals surface area contributed by atoms with Gasteiger partial charge in [0.2, 0.25) is 0 Å². The van der Waals surface area contributed by atoms with Gasteiger partial charge < -0.3 is 14.8 Å². The predicted molar refractivity (Wildman–Crippen MR) is 112 cm³/mol. The lowest BCUT2D eigenvalue weighted by atomic mass is 10.0. The van der Waals surface area contributed by atoms with E-state index in [9.17, 15) is 0 Å². The molecule has 5 nitrogen and oxygen atoms in total. The summed E-state index contributed by atoms with van der Waals surface area (Å²) < 4.78 is 10.9. The molecule has 1 N–H and O–H groups in total. The molecule has 4 rings (SSSR count). The Morgan fingerprint density at radius 3 is 2.46 bits per heavy atom. The number of nitrogens with zero attached hydrogens (tertiary/aromatic N) is 2. The molecular weight excluding hydrogens is 350 g/mol. The average molecular weight is 377 g/mol. The monoisotopic (exact) mass is 377 g/mol. The molecule has 5 heteroatoms. The van der Waals surface area contributed by atoms with Gasteiger partial charge in [0.15, 0.2) is 11.5 Å². The van der Waals surface area contributed by atoms with E-state index < -0.39 is 0 Å². The number of ether oxygens (including phenoxy) is 2. The first-order chi connectivity index (χ1) is 13.4. The van der Waals surface area contributed by atoms with E-state index in [4.69, 9.17) is 9.47 Å². The highest BCUT2D eigenvalue weighted by Crippen LogP contribution is 2.58. The van der Waals surface area contributed by atoms with Crippen LogP contribution in [0.25, 0.3) is 10.9 Å². The minimum Gasteiger partial charge on any atom is -0.493 e. The molecule has 0 amide bonds. The number of hydrogen-bond acceptors (Lipinski definition) is 5. The van der Waals surface area contributed by atoms with Gasteiger partial charge in [-0.3, -0.25) is 0 Å². The Kier molecular flexibility index (Phi) is 4.61. The summed E-state index contributed by atoms with van der Waals surface area (Å²) >= 11 is 0. The average Bonchev–Trinajstić information content (AvgIpc) is 3.33. The first kappa shape index (κ1) is 18.5. The van der Waals surface area contributed by atoms with Crippen molar-refractivity contribution in [2.24, 2.45) is 5.41 Å². The third-order valence-electron chi connectivity index (χ3n) is 5.64. The molecule has 0 saturated heterocycles. The summed E-state index contributed by atoms with van der Waals surface area (Å²) in [6.45, 7) is 7.28. The van der Waals surface area contributed by atoms with E-state index in [1.807, 2.05) is 19.1 Å². The van der Waals surface area contributed by atoms with Crippen LogP contribution < -0.4 is 14.8 Å². The molecule has 3 aromatic rings. The van der Waals surface area contributed by atoms with Crippen molar-refractivity contribution in [2.75, 3.05) is 19.5 Å². The third-order valence-corrected chi connectivity index (χ3v) is 5.64. The molecule has 1 saturated carbocycles. The Balaban J connectivity index is 1.62. The maximum atomic E-state index is 5.45. The van der Waals surface area contributed by atoms with E-state index in [-0.39, 0.29) is 0 Å². The zero-order valence-corrected chi connectivity index (χ0v) is 17.2. The van der Waals surface area contributed by atoms with Crippen molar-refractivity contribution in [3.05, 3.63) is 53.3 Å². The Labute approximate surface area is 166 Å². The second-order valence-electron chi connectivity index (χ2n) is 8.19. The maximum Gasteiger partial charge on any atom is 0.162 e. The van der Waals surface area contributed by atoms with E-state index >= 15 is 0 Å². The van der Waals surface area contributed by atoms with Gasteiger partial charge in [-0.2, -0.15) is 0 Å². The van der Waals surface area contributed by atoms with Gasteiger partial charge in [-0.25, -0.2) is 9.97 Å². The quantitative estimate of drug-likeness (QED) is 0.649. The van der Waals surface area contributed by atoms with E-state index in [1.165, 1.54) is 17.5 Å². The topological polar surface area (TPSA) is 56.3 Å². The smallest absolute Gasteiger partial charge is 0.162 e. The molecule has 0 aliphatic heterocycles. The standard InChI is InChI=1S/C23H27N3O2/c1-14-25-19-11-21(28-5)20(27-4)10-17(19)22(26-14)24-13-15-7-6-8-16(9-15)18-12-23(18,2)3/h6-11,18H,12-13H2,1-5H3,(H,24,25,26). The molecule has 28 heavy (non-hydrogen) atoms. The van der Waals surface area contributed by atoms with Crippen LogP contribution in [0.3, 0.4) is 0 Å². The third kappa shape index (κ3) is 3.49. The van der Waals surface area contributed by atoms with E-state index in [0.29, 0.717) is 29.4 Å². The van der Waals surface area contributed by atoms with Crippen molar-refractivity contribution in [3.8, 4) is 11.5 Å². The Bertz CT molecular complexity index is 1030. The molecule has 1 heterocycles. The molecular formula is C23H27N3O2. The lowest BCUT2D eigenvalue weighted by molar-refractivity contribution is 0.356. The van der Waals surface area contributed by atoms with Crippen LogP contribution in [0.15, 0.2) is 36.4 Å². The molecule has 1 atom stereocenters. The van der Waals surface area contributed by atoms with Gasteiger partial charge in [-0.15, -0.1) is 0 Å². The van der Waals surface area contributed by atoms with Gasteiger partial charge in [-0.05, 0) is 41.9 Å². The second-order valence-corrected chi connectivity index (χ2v) is 8.19. The SMILES string of the molecule is COc1cc2nc(C)nc(NCc3cccc(C4CC4(C)C)c3)c2cc1OC.